The minimum atomic E-state index is -0.362. The van der Waals surface area contributed by atoms with E-state index in [2.05, 4.69) is 9.97 Å². The first-order chi connectivity index (χ1) is 11.7. The summed E-state index contributed by atoms with van der Waals surface area (Å²) in [4.78, 5) is 23.5. The fourth-order valence-electron chi connectivity index (χ4n) is 3.26. The lowest BCUT2D eigenvalue weighted by molar-refractivity contribution is -0.153. The molecule has 0 unspecified atom stereocenters. The van der Waals surface area contributed by atoms with E-state index in [1.807, 2.05) is 41.6 Å². The van der Waals surface area contributed by atoms with Crippen molar-refractivity contribution in [2.75, 3.05) is 13.7 Å². The van der Waals surface area contributed by atoms with Gasteiger partial charge in [0.1, 0.15) is 0 Å². The fourth-order valence-corrected chi connectivity index (χ4v) is 3.26. The maximum Gasteiger partial charge on any atom is 0.231 e. The van der Waals surface area contributed by atoms with E-state index in [-0.39, 0.29) is 11.3 Å². The molecule has 1 amide bonds. The van der Waals surface area contributed by atoms with E-state index in [1.54, 1.807) is 19.5 Å². The second kappa shape index (κ2) is 7.53. The number of amides is 1. The van der Waals surface area contributed by atoms with Gasteiger partial charge < -0.3 is 9.64 Å². The molecule has 0 aromatic carbocycles. The number of pyridine rings is 2. The van der Waals surface area contributed by atoms with Gasteiger partial charge in [0.05, 0.1) is 12.0 Å². The Hall–Kier alpha value is -2.27. The summed E-state index contributed by atoms with van der Waals surface area (Å²) in [7, 11) is 1.67. The number of carbonyl (C=O) groups excluding carboxylic acids is 1. The molecule has 1 saturated carbocycles. The zero-order valence-electron chi connectivity index (χ0n) is 14.0. The standard InChI is InChI=1S/C19H23N3O2/c1-24-15-19(7-4-8-19)18(23)22(13-16-5-2-9-20-11-16)14-17-6-3-10-21-12-17/h2-3,5-6,9-12H,4,7-8,13-15H2,1H3. The van der Waals surface area contributed by atoms with Crippen molar-refractivity contribution in [1.29, 1.82) is 0 Å². The summed E-state index contributed by atoms with van der Waals surface area (Å²) in [6, 6.07) is 7.80. The van der Waals surface area contributed by atoms with Gasteiger partial charge in [-0.3, -0.25) is 14.8 Å². The van der Waals surface area contributed by atoms with E-state index in [9.17, 15) is 4.79 Å². The Morgan fingerprint density at radius 1 is 1.12 bits per heavy atom. The van der Waals surface area contributed by atoms with Crippen LogP contribution in [0.1, 0.15) is 30.4 Å². The van der Waals surface area contributed by atoms with Crippen molar-refractivity contribution in [2.45, 2.75) is 32.4 Å². The minimum absolute atomic E-state index is 0.170. The van der Waals surface area contributed by atoms with Gasteiger partial charge in [0.25, 0.3) is 0 Å². The van der Waals surface area contributed by atoms with Gasteiger partial charge in [-0.2, -0.15) is 0 Å². The van der Waals surface area contributed by atoms with Crippen molar-refractivity contribution in [3.63, 3.8) is 0 Å². The van der Waals surface area contributed by atoms with Crippen LogP contribution in [0.3, 0.4) is 0 Å². The lowest BCUT2D eigenvalue weighted by Gasteiger charge is -2.43. The molecule has 0 saturated heterocycles. The van der Waals surface area contributed by atoms with Crippen LogP contribution in [0, 0.1) is 5.41 Å². The molecule has 2 aromatic rings. The number of hydrogen-bond donors (Lipinski definition) is 0. The fraction of sp³-hybridized carbons (Fsp3) is 0.421. The number of ether oxygens (including phenoxy) is 1. The Labute approximate surface area is 142 Å². The molecule has 5 heteroatoms. The first-order valence-corrected chi connectivity index (χ1v) is 8.30. The zero-order valence-corrected chi connectivity index (χ0v) is 14.0. The predicted octanol–water partition coefficient (Wildman–Crippen LogP) is 2.82. The molecule has 3 rings (SSSR count). The molecule has 0 bridgehead atoms. The molecule has 0 radical (unpaired) electrons. The van der Waals surface area contributed by atoms with Crippen LogP contribution < -0.4 is 0 Å². The molecular weight excluding hydrogens is 302 g/mol. The van der Waals surface area contributed by atoms with Crippen molar-refractivity contribution in [3.05, 3.63) is 60.2 Å². The van der Waals surface area contributed by atoms with Crippen molar-refractivity contribution in [2.24, 2.45) is 5.41 Å². The highest BCUT2D eigenvalue weighted by Gasteiger charge is 2.46. The van der Waals surface area contributed by atoms with Gasteiger partial charge in [-0.05, 0) is 36.1 Å². The summed E-state index contributed by atoms with van der Waals surface area (Å²) >= 11 is 0. The van der Waals surface area contributed by atoms with Gasteiger partial charge in [0, 0.05) is 45.0 Å². The maximum atomic E-state index is 13.3. The van der Waals surface area contributed by atoms with Crippen LogP contribution in [0.15, 0.2) is 49.1 Å². The quantitative estimate of drug-likeness (QED) is 0.785. The molecule has 0 N–H and O–H groups in total. The summed E-state index contributed by atoms with van der Waals surface area (Å²) in [6.07, 6.45) is 10.0. The summed E-state index contributed by atoms with van der Waals surface area (Å²) in [5, 5.41) is 0. The SMILES string of the molecule is COCC1(C(=O)N(Cc2cccnc2)Cc2cccnc2)CCC1. The van der Waals surface area contributed by atoms with Crippen molar-refractivity contribution in [3.8, 4) is 0 Å². The average molecular weight is 325 g/mol. The molecule has 1 aliphatic carbocycles. The van der Waals surface area contributed by atoms with Crippen LogP contribution in [0.2, 0.25) is 0 Å². The average Bonchev–Trinajstić information content (AvgIpc) is 2.59. The molecule has 0 spiro atoms. The third-order valence-electron chi connectivity index (χ3n) is 4.66. The molecule has 126 valence electrons. The lowest BCUT2D eigenvalue weighted by Crippen LogP contribution is -2.50. The van der Waals surface area contributed by atoms with Crippen LogP contribution in [0.4, 0.5) is 0 Å². The second-order valence-corrected chi connectivity index (χ2v) is 6.45. The van der Waals surface area contributed by atoms with Gasteiger partial charge in [-0.15, -0.1) is 0 Å². The van der Waals surface area contributed by atoms with Crippen LogP contribution in [-0.4, -0.2) is 34.5 Å². The van der Waals surface area contributed by atoms with Crippen molar-refractivity contribution < 1.29 is 9.53 Å². The van der Waals surface area contributed by atoms with Gasteiger partial charge >= 0.3 is 0 Å². The Balaban J connectivity index is 1.82. The molecular formula is C19H23N3O2. The molecule has 0 atom stereocenters. The van der Waals surface area contributed by atoms with Gasteiger partial charge in [0.2, 0.25) is 5.91 Å². The van der Waals surface area contributed by atoms with Crippen LogP contribution >= 0.6 is 0 Å². The van der Waals surface area contributed by atoms with E-state index in [0.717, 1.165) is 30.4 Å². The Morgan fingerprint density at radius 2 is 1.71 bits per heavy atom. The zero-order chi connectivity index (χ0) is 16.8. The van der Waals surface area contributed by atoms with E-state index < -0.39 is 0 Å². The normalized spacial score (nSPS) is 15.5. The molecule has 5 nitrogen and oxygen atoms in total. The van der Waals surface area contributed by atoms with E-state index in [0.29, 0.717) is 19.7 Å². The van der Waals surface area contributed by atoms with Crippen molar-refractivity contribution >= 4 is 5.91 Å². The summed E-state index contributed by atoms with van der Waals surface area (Å²) in [5.41, 5.74) is 1.70. The van der Waals surface area contributed by atoms with E-state index >= 15 is 0 Å². The molecule has 1 fully saturated rings. The largest absolute Gasteiger partial charge is 0.384 e. The molecule has 0 aliphatic heterocycles. The van der Waals surface area contributed by atoms with Crippen LogP contribution in [0.5, 0.6) is 0 Å². The highest BCUT2D eigenvalue weighted by Crippen LogP contribution is 2.43. The topological polar surface area (TPSA) is 55.3 Å². The van der Waals surface area contributed by atoms with Gasteiger partial charge in [-0.1, -0.05) is 18.6 Å². The third-order valence-corrected chi connectivity index (χ3v) is 4.66. The highest BCUT2D eigenvalue weighted by atomic mass is 16.5. The molecule has 1 aliphatic rings. The molecule has 2 heterocycles. The van der Waals surface area contributed by atoms with Crippen LogP contribution in [0.25, 0.3) is 0 Å². The number of carbonyl (C=O) groups is 1. The number of hydrogen-bond acceptors (Lipinski definition) is 4. The smallest absolute Gasteiger partial charge is 0.231 e. The Bertz CT molecular complexity index is 615. The Morgan fingerprint density at radius 3 is 2.08 bits per heavy atom. The first kappa shape index (κ1) is 16.6. The number of aromatic nitrogens is 2. The molecule has 24 heavy (non-hydrogen) atoms. The molecule has 2 aromatic heterocycles. The van der Waals surface area contributed by atoms with Crippen LogP contribution in [-0.2, 0) is 22.6 Å². The second-order valence-electron chi connectivity index (χ2n) is 6.45. The van der Waals surface area contributed by atoms with Gasteiger partial charge in [0.15, 0.2) is 0 Å². The maximum absolute atomic E-state index is 13.3. The first-order valence-electron chi connectivity index (χ1n) is 8.30. The van der Waals surface area contributed by atoms with Crippen molar-refractivity contribution in [1.82, 2.24) is 14.9 Å². The number of nitrogens with zero attached hydrogens (tertiary/aromatic N) is 3. The minimum Gasteiger partial charge on any atom is -0.384 e. The van der Waals surface area contributed by atoms with E-state index in [4.69, 9.17) is 4.74 Å². The summed E-state index contributed by atoms with van der Waals surface area (Å²) in [6.45, 7) is 1.59. The third kappa shape index (κ3) is 3.62. The lowest BCUT2D eigenvalue weighted by atomic mass is 9.68. The number of rotatable bonds is 7. The highest BCUT2D eigenvalue weighted by molar-refractivity contribution is 5.83. The summed E-state index contributed by atoms with van der Waals surface area (Å²) in [5.74, 6) is 0.170. The van der Waals surface area contributed by atoms with Gasteiger partial charge in [-0.25, -0.2) is 0 Å². The summed E-state index contributed by atoms with van der Waals surface area (Å²) < 4.78 is 5.35. The monoisotopic (exact) mass is 325 g/mol. The van der Waals surface area contributed by atoms with E-state index in [1.165, 1.54) is 0 Å². The predicted molar refractivity (Wildman–Crippen MR) is 90.9 cm³/mol. The Kier molecular flexibility index (Phi) is 5.20. The number of methoxy groups -OCH3 is 1.